The smallest absolute Gasteiger partial charge is 0.391 e. The molecular weight excluding hydrogens is 302 g/mol. The van der Waals surface area contributed by atoms with Gasteiger partial charge < -0.3 is 14.0 Å². The van der Waals surface area contributed by atoms with Gasteiger partial charge in [-0.1, -0.05) is 18.2 Å². The molecule has 22 heavy (non-hydrogen) atoms. The summed E-state index contributed by atoms with van der Waals surface area (Å²) < 4.78 is 23.9. The summed E-state index contributed by atoms with van der Waals surface area (Å²) in [6.45, 7) is 0. The Bertz CT molecular complexity index is 726. The predicted molar refractivity (Wildman–Crippen MR) is 82.4 cm³/mol. The molecule has 0 radical (unpaired) electrons. The number of aromatic nitrogens is 3. The molecule has 1 aromatic carbocycles. The average Bonchev–Trinajstić information content (AvgIpc) is 3.01. The molecule has 1 unspecified atom stereocenters. The van der Waals surface area contributed by atoms with E-state index >= 15 is 0 Å². The second-order valence-corrected chi connectivity index (χ2v) is 5.97. The van der Waals surface area contributed by atoms with E-state index in [-0.39, 0.29) is 5.16 Å². The third-order valence-corrected chi connectivity index (χ3v) is 4.88. The molecule has 7 heteroatoms. The lowest BCUT2D eigenvalue weighted by atomic mass is 10.3. The molecule has 0 fully saturated rings. The van der Waals surface area contributed by atoms with Gasteiger partial charge in [0.05, 0.1) is 22.2 Å². The van der Waals surface area contributed by atoms with Gasteiger partial charge in [0.15, 0.2) is 5.69 Å². The van der Waals surface area contributed by atoms with E-state index in [1.807, 2.05) is 24.3 Å². The van der Waals surface area contributed by atoms with Crippen LogP contribution in [0.3, 0.4) is 0 Å². The molecule has 0 saturated carbocycles. The highest BCUT2D eigenvalue weighted by Crippen LogP contribution is 2.35. The number of para-hydroxylation sites is 2. The Balaban J connectivity index is 2.08. The van der Waals surface area contributed by atoms with Crippen LogP contribution < -0.4 is 0 Å². The van der Waals surface area contributed by atoms with E-state index in [1.165, 1.54) is 14.2 Å². The minimum absolute atomic E-state index is 0.274. The number of hydrogen-bond acceptors (Lipinski definition) is 5. The number of H-pyrrole nitrogens is 1. The van der Waals surface area contributed by atoms with Gasteiger partial charge in [0.25, 0.3) is 0 Å². The van der Waals surface area contributed by atoms with Gasteiger partial charge in [0, 0.05) is 20.4 Å². The summed E-state index contributed by atoms with van der Waals surface area (Å²) in [5, 5.41) is -1.25. The van der Waals surface area contributed by atoms with E-state index in [1.54, 1.807) is 24.4 Å². The fraction of sp³-hybridized carbons (Fsp3) is 0.200. The molecule has 0 amide bonds. The largest absolute Gasteiger partial charge is 0.604 e. The van der Waals surface area contributed by atoms with Crippen LogP contribution in [0.4, 0.5) is 0 Å². The molecule has 0 aliphatic carbocycles. The van der Waals surface area contributed by atoms with E-state index in [2.05, 4.69) is 15.0 Å². The lowest BCUT2D eigenvalue weighted by Gasteiger charge is -2.29. The summed E-state index contributed by atoms with van der Waals surface area (Å²) in [6.07, 6.45) is 1.60. The van der Waals surface area contributed by atoms with Crippen molar-refractivity contribution in [3.05, 3.63) is 54.4 Å². The van der Waals surface area contributed by atoms with E-state index in [4.69, 9.17) is 9.47 Å². The van der Waals surface area contributed by atoms with E-state index in [0.29, 0.717) is 5.69 Å². The van der Waals surface area contributed by atoms with E-state index < -0.39 is 16.3 Å². The van der Waals surface area contributed by atoms with Crippen LogP contribution in [0, 0.1) is 0 Å². The zero-order chi connectivity index (χ0) is 15.6. The van der Waals surface area contributed by atoms with Crippen LogP contribution >= 0.6 is 0 Å². The number of pyridine rings is 1. The zero-order valence-corrected chi connectivity index (χ0v) is 13.0. The van der Waals surface area contributed by atoms with Crippen LogP contribution in [0.1, 0.15) is 5.69 Å². The number of hydrogen-bond donors (Lipinski definition) is 1. The second-order valence-electron chi connectivity index (χ2n) is 4.51. The summed E-state index contributed by atoms with van der Waals surface area (Å²) in [5.74, 6) is 0. The van der Waals surface area contributed by atoms with Gasteiger partial charge in [0.1, 0.15) is 0 Å². The topological polar surface area (TPSA) is 83.1 Å². The standard InChI is InChI=1S/C15H15N3O3S/c1-20-15(21-2,13-9-5-6-10-16-13)22(19)14-17-11-7-3-4-8-12(11)18-14/h3-10H,1-2H3,(H,17,18). The highest BCUT2D eigenvalue weighted by Gasteiger charge is 2.50. The van der Waals surface area contributed by atoms with Crippen molar-refractivity contribution in [3.63, 3.8) is 0 Å². The number of rotatable bonds is 5. The number of nitrogens with zero attached hydrogens (tertiary/aromatic N) is 2. The van der Waals surface area contributed by atoms with Crippen molar-refractivity contribution < 1.29 is 14.0 Å². The highest BCUT2D eigenvalue weighted by molar-refractivity contribution is 7.91. The normalized spacial score (nSPS) is 13.4. The molecule has 0 spiro atoms. The number of imidazole rings is 1. The molecule has 3 rings (SSSR count). The van der Waals surface area contributed by atoms with Gasteiger partial charge in [-0.2, -0.15) is 4.98 Å². The molecule has 0 bridgehead atoms. The molecular formula is C15H15N3O3S. The monoisotopic (exact) mass is 317 g/mol. The number of ether oxygens (including phenoxy) is 2. The van der Waals surface area contributed by atoms with Crippen LogP contribution in [0.2, 0.25) is 0 Å². The van der Waals surface area contributed by atoms with Crippen LogP contribution in [0.5, 0.6) is 0 Å². The molecule has 0 aliphatic rings. The first kappa shape index (κ1) is 15.0. The van der Waals surface area contributed by atoms with Crippen molar-refractivity contribution in [2.45, 2.75) is 10.3 Å². The molecule has 2 aromatic heterocycles. The van der Waals surface area contributed by atoms with Crippen molar-refractivity contribution in [3.8, 4) is 0 Å². The number of fused-ring (bicyclic) bond motifs is 1. The minimum atomic E-state index is -1.74. The SMILES string of the molecule is COC(OC)(c1ccccn1)[S+]([O-])c1nc2ccccc2[nH]1. The van der Waals surface area contributed by atoms with Gasteiger partial charge in [-0.15, -0.1) is 0 Å². The van der Waals surface area contributed by atoms with Crippen molar-refractivity contribution in [2.24, 2.45) is 0 Å². The maximum atomic E-state index is 13.0. The Morgan fingerprint density at radius 3 is 2.45 bits per heavy atom. The van der Waals surface area contributed by atoms with E-state index in [9.17, 15) is 4.55 Å². The van der Waals surface area contributed by atoms with Crippen molar-refractivity contribution in [1.82, 2.24) is 15.0 Å². The van der Waals surface area contributed by atoms with Crippen molar-refractivity contribution in [2.75, 3.05) is 14.2 Å². The highest BCUT2D eigenvalue weighted by atomic mass is 32.2. The first-order chi connectivity index (χ1) is 10.7. The predicted octanol–water partition coefficient (Wildman–Crippen LogP) is 2.17. The average molecular weight is 317 g/mol. The number of nitrogens with one attached hydrogen (secondary N) is 1. The molecule has 1 N–H and O–H groups in total. The molecule has 0 aliphatic heterocycles. The van der Waals surface area contributed by atoms with Crippen LogP contribution in [0.15, 0.2) is 53.8 Å². The maximum absolute atomic E-state index is 13.0. The molecule has 0 saturated heterocycles. The molecule has 3 aromatic rings. The van der Waals surface area contributed by atoms with Gasteiger partial charge in [-0.3, -0.25) is 9.97 Å². The van der Waals surface area contributed by atoms with Gasteiger partial charge >= 0.3 is 10.3 Å². The summed E-state index contributed by atoms with van der Waals surface area (Å²) in [7, 11) is 2.86. The molecule has 1 atom stereocenters. The van der Waals surface area contributed by atoms with Crippen molar-refractivity contribution >= 4 is 22.2 Å². The van der Waals surface area contributed by atoms with Crippen LogP contribution in [0.25, 0.3) is 11.0 Å². The Labute approximate surface area is 130 Å². The van der Waals surface area contributed by atoms with E-state index in [0.717, 1.165) is 11.0 Å². The first-order valence-corrected chi connectivity index (χ1v) is 7.74. The summed E-state index contributed by atoms with van der Waals surface area (Å²) in [6, 6.07) is 12.7. The Morgan fingerprint density at radius 1 is 1.09 bits per heavy atom. The summed E-state index contributed by atoms with van der Waals surface area (Å²) >= 11 is -1.74. The fourth-order valence-electron chi connectivity index (χ4n) is 2.23. The zero-order valence-electron chi connectivity index (χ0n) is 12.1. The Hall–Kier alpha value is -1.93. The third kappa shape index (κ3) is 2.38. The quantitative estimate of drug-likeness (QED) is 0.576. The summed E-state index contributed by atoms with van der Waals surface area (Å²) in [4.78, 5) is 11.6. The lowest BCUT2D eigenvalue weighted by Crippen LogP contribution is -2.41. The lowest BCUT2D eigenvalue weighted by molar-refractivity contribution is -0.150. The first-order valence-electron chi connectivity index (χ1n) is 6.59. The van der Waals surface area contributed by atoms with Crippen molar-refractivity contribution in [1.29, 1.82) is 0 Å². The maximum Gasteiger partial charge on any atom is 0.391 e. The fourth-order valence-corrected chi connectivity index (χ4v) is 3.48. The number of benzene rings is 1. The van der Waals surface area contributed by atoms with Crippen LogP contribution in [-0.4, -0.2) is 33.7 Å². The molecule has 114 valence electrons. The Kier molecular flexibility index (Phi) is 4.12. The molecule has 2 heterocycles. The minimum Gasteiger partial charge on any atom is -0.604 e. The van der Waals surface area contributed by atoms with Gasteiger partial charge in [0.2, 0.25) is 0 Å². The third-order valence-electron chi connectivity index (χ3n) is 3.30. The summed E-state index contributed by atoms with van der Waals surface area (Å²) in [5.41, 5.74) is 1.94. The number of aromatic amines is 1. The molecule has 6 nitrogen and oxygen atoms in total. The Morgan fingerprint density at radius 2 is 1.82 bits per heavy atom. The number of methoxy groups -OCH3 is 2. The van der Waals surface area contributed by atoms with Crippen LogP contribution in [-0.2, 0) is 25.8 Å². The van der Waals surface area contributed by atoms with Gasteiger partial charge in [-0.05, 0) is 24.3 Å². The second kappa shape index (κ2) is 6.05. The van der Waals surface area contributed by atoms with Gasteiger partial charge in [-0.25, -0.2) is 0 Å².